The van der Waals surface area contributed by atoms with Crippen LogP contribution in [0.4, 0.5) is 0 Å². The molecule has 0 radical (unpaired) electrons. The summed E-state index contributed by atoms with van der Waals surface area (Å²) in [6.07, 6.45) is 5.60. The van der Waals surface area contributed by atoms with Gasteiger partial charge in [-0.25, -0.2) is 0 Å². The van der Waals surface area contributed by atoms with E-state index in [9.17, 15) is 0 Å². The highest BCUT2D eigenvalue weighted by Crippen LogP contribution is 2.24. The van der Waals surface area contributed by atoms with Crippen molar-refractivity contribution in [2.24, 2.45) is 7.05 Å². The number of aromatic nitrogens is 2. The first-order chi connectivity index (χ1) is 6.45. The van der Waals surface area contributed by atoms with Crippen LogP contribution in [0.25, 0.3) is 6.08 Å². The maximum absolute atomic E-state index is 8.71. The molecule has 78 valence electrons. The molecule has 14 heavy (non-hydrogen) atoms. The third-order valence-electron chi connectivity index (χ3n) is 1.97. The van der Waals surface area contributed by atoms with Crippen LogP contribution in [0.1, 0.15) is 32.0 Å². The Kier molecular flexibility index (Phi) is 3.11. The minimum atomic E-state index is 0.0381. The Labute approximate surface area is 85.1 Å². The van der Waals surface area contributed by atoms with Gasteiger partial charge in [-0.1, -0.05) is 32.9 Å². The summed E-state index contributed by atoms with van der Waals surface area (Å²) in [6, 6.07) is 0. The Hall–Kier alpha value is -1.09. The van der Waals surface area contributed by atoms with E-state index in [4.69, 9.17) is 5.11 Å². The Bertz CT molecular complexity index is 332. The monoisotopic (exact) mass is 194 g/mol. The summed E-state index contributed by atoms with van der Waals surface area (Å²) < 4.78 is 1.80. The Morgan fingerprint density at radius 3 is 2.64 bits per heavy atom. The van der Waals surface area contributed by atoms with Gasteiger partial charge in [-0.05, 0) is 0 Å². The molecule has 0 amide bonds. The molecule has 0 fully saturated rings. The molecule has 0 aliphatic heterocycles. The molecule has 0 atom stereocenters. The number of hydrogen-bond acceptors (Lipinski definition) is 2. The highest BCUT2D eigenvalue weighted by atomic mass is 16.2. The van der Waals surface area contributed by atoms with Crippen molar-refractivity contribution in [3.8, 4) is 0 Å². The molecule has 0 saturated heterocycles. The summed E-state index contributed by atoms with van der Waals surface area (Å²) in [6.45, 7) is 6.46. The molecular weight excluding hydrogens is 176 g/mol. The molecule has 1 heterocycles. The van der Waals surface area contributed by atoms with E-state index in [1.54, 1.807) is 10.8 Å². The largest absolute Gasteiger partial charge is 0.392 e. The fourth-order valence-corrected chi connectivity index (χ4v) is 1.39. The fourth-order valence-electron chi connectivity index (χ4n) is 1.39. The molecule has 0 aromatic carbocycles. The van der Waals surface area contributed by atoms with Crippen LogP contribution in [0.15, 0.2) is 12.3 Å². The molecule has 1 aromatic rings. The molecule has 0 aliphatic rings. The summed E-state index contributed by atoms with van der Waals surface area (Å²) in [4.78, 5) is 0. The summed E-state index contributed by atoms with van der Waals surface area (Å²) in [5.41, 5.74) is 2.18. The van der Waals surface area contributed by atoms with E-state index >= 15 is 0 Å². The van der Waals surface area contributed by atoms with Gasteiger partial charge in [0.05, 0.1) is 12.3 Å². The molecule has 0 spiro atoms. The number of nitrogens with zero attached hydrogens (tertiary/aromatic N) is 2. The van der Waals surface area contributed by atoms with Crippen LogP contribution in [0, 0.1) is 0 Å². The van der Waals surface area contributed by atoms with E-state index in [-0.39, 0.29) is 12.0 Å². The molecule has 1 rings (SSSR count). The van der Waals surface area contributed by atoms with Gasteiger partial charge in [0.25, 0.3) is 0 Å². The molecule has 1 N–H and O–H groups in total. The van der Waals surface area contributed by atoms with Crippen LogP contribution < -0.4 is 0 Å². The zero-order valence-electron chi connectivity index (χ0n) is 9.28. The summed E-state index contributed by atoms with van der Waals surface area (Å²) in [7, 11) is 1.91. The summed E-state index contributed by atoms with van der Waals surface area (Å²) in [5.74, 6) is 0. The highest BCUT2D eigenvalue weighted by Gasteiger charge is 2.20. The number of aliphatic hydroxyl groups is 1. The average Bonchev–Trinajstić information content (AvgIpc) is 2.42. The minimum Gasteiger partial charge on any atom is -0.392 e. The van der Waals surface area contributed by atoms with Crippen LogP contribution in [0.5, 0.6) is 0 Å². The molecule has 0 unspecified atom stereocenters. The number of aliphatic hydroxyl groups excluding tert-OH is 1. The second kappa shape index (κ2) is 3.96. The van der Waals surface area contributed by atoms with Crippen LogP contribution in [0.2, 0.25) is 0 Å². The lowest BCUT2D eigenvalue weighted by atomic mass is 9.89. The molecular formula is C11H18N2O. The minimum absolute atomic E-state index is 0.0381. The molecule has 0 saturated carbocycles. The third kappa shape index (κ3) is 2.45. The maximum Gasteiger partial charge on any atom is 0.0750 e. The summed E-state index contributed by atoms with van der Waals surface area (Å²) >= 11 is 0. The molecule has 0 bridgehead atoms. The van der Waals surface area contributed by atoms with E-state index in [1.165, 1.54) is 0 Å². The van der Waals surface area contributed by atoms with Crippen molar-refractivity contribution in [2.75, 3.05) is 6.61 Å². The first kappa shape index (κ1) is 11.0. The lowest BCUT2D eigenvalue weighted by Gasteiger charge is -2.16. The Morgan fingerprint density at radius 2 is 2.14 bits per heavy atom. The standard InChI is InChI=1S/C11H18N2O/c1-11(2,3)10-9(6-5-7-14)8-13(4)12-10/h5-6,8,14H,7H2,1-4H3/b6-5+. The van der Waals surface area contributed by atoms with Gasteiger partial charge in [-0.2, -0.15) is 5.10 Å². The zero-order chi connectivity index (χ0) is 10.8. The number of rotatable bonds is 2. The van der Waals surface area contributed by atoms with Gasteiger partial charge in [0.15, 0.2) is 0 Å². The second-order valence-corrected chi connectivity index (χ2v) is 4.44. The van der Waals surface area contributed by atoms with E-state index < -0.39 is 0 Å². The van der Waals surface area contributed by atoms with Crippen molar-refractivity contribution in [3.63, 3.8) is 0 Å². The van der Waals surface area contributed by atoms with Gasteiger partial charge in [0.2, 0.25) is 0 Å². The van der Waals surface area contributed by atoms with E-state index in [0.717, 1.165) is 11.3 Å². The number of hydrogen-bond donors (Lipinski definition) is 1. The van der Waals surface area contributed by atoms with Crippen LogP contribution in [0.3, 0.4) is 0 Å². The molecule has 3 heteroatoms. The smallest absolute Gasteiger partial charge is 0.0750 e. The maximum atomic E-state index is 8.71. The van der Waals surface area contributed by atoms with E-state index in [0.29, 0.717) is 0 Å². The SMILES string of the molecule is Cn1cc(/C=C/CO)c(C(C)(C)C)n1. The van der Waals surface area contributed by atoms with Gasteiger partial charge in [-0.3, -0.25) is 4.68 Å². The fraction of sp³-hybridized carbons (Fsp3) is 0.545. The third-order valence-corrected chi connectivity index (χ3v) is 1.97. The van der Waals surface area contributed by atoms with Crippen LogP contribution in [-0.4, -0.2) is 21.5 Å². The molecule has 1 aromatic heterocycles. The zero-order valence-corrected chi connectivity index (χ0v) is 9.28. The number of aryl methyl sites for hydroxylation is 1. The topological polar surface area (TPSA) is 38.0 Å². The van der Waals surface area contributed by atoms with Crippen molar-refractivity contribution in [1.82, 2.24) is 9.78 Å². The average molecular weight is 194 g/mol. The van der Waals surface area contributed by atoms with Crippen molar-refractivity contribution in [1.29, 1.82) is 0 Å². The van der Waals surface area contributed by atoms with Gasteiger partial charge < -0.3 is 5.11 Å². The van der Waals surface area contributed by atoms with Gasteiger partial charge in [0, 0.05) is 24.2 Å². The van der Waals surface area contributed by atoms with Crippen molar-refractivity contribution < 1.29 is 5.11 Å². The summed E-state index contributed by atoms with van der Waals surface area (Å²) in [5, 5.41) is 13.1. The highest BCUT2D eigenvalue weighted by molar-refractivity contribution is 5.52. The van der Waals surface area contributed by atoms with Crippen molar-refractivity contribution in [3.05, 3.63) is 23.5 Å². The van der Waals surface area contributed by atoms with E-state index in [1.807, 2.05) is 19.3 Å². The van der Waals surface area contributed by atoms with Gasteiger partial charge in [-0.15, -0.1) is 0 Å². The van der Waals surface area contributed by atoms with Gasteiger partial charge >= 0.3 is 0 Å². The van der Waals surface area contributed by atoms with Crippen LogP contribution >= 0.6 is 0 Å². The normalized spacial score (nSPS) is 12.6. The van der Waals surface area contributed by atoms with Gasteiger partial charge in [0.1, 0.15) is 0 Å². The predicted octanol–water partition coefficient (Wildman–Crippen LogP) is 1.72. The van der Waals surface area contributed by atoms with E-state index in [2.05, 4.69) is 25.9 Å². The van der Waals surface area contributed by atoms with Crippen LogP contribution in [-0.2, 0) is 12.5 Å². The molecule has 0 aliphatic carbocycles. The Balaban J connectivity index is 3.09. The first-order valence-corrected chi connectivity index (χ1v) is 4.76. The van der Waals surface area contributed by atoms with Crippen molar-refractivity contribution in [2.45, 2.75) is 26.2 Å². The lowest BCUT2D eigenvalue weighted by Crippen LogP contribution is -2.13. The second-order valence-electron chi connectivity index (χ2n) is 4.44. The van der Waals surface area contributed by atoms with Crippen molar-refractivity contribution >= 4 is 6.08 Å². The molecule has 3 nitrogen and oxygen atoms in total. The Morgan fingerprint density at radius 1 is 1.50 bits per heavy atom. The quantitative estimate of drug-likeness (QED) is 0.778. The lowest BCUT2D eigenvalue weighted by molar-refractivity contribution is 0.343. The predicted molar refractivity (Wildman–Crippen MR) is 58.0 cm³/mol. The first-order valence-electron chi connectivity index (χ1n) is 4.76.